The van der Waals surface area contributed by atoms with Crippen LogP contribution in [0.15, 0.2) is 41.7 Å². The van der Waals surface area contributed by atoms with Gasteiger partial charge in [0.1, 0.15) is 5.15 Å². The first-order chi connectivity index (χ1) is 20.5. The van der Waals surface area contributed by atoms with Gasteiger partial charge in [-0.1, -0.05) is 25.4 Å². The van der Waals surface area contributed by atoms with Crippen LogP contribution in [0.3, 0.4) is 0 Å². The Hall–Kier alpha value is -2.92. The number of rotatable bonds is 12. The van der Waals surface area contributed by atoms with Crippen LogP contribution in [0.1, 0.15) is 88.4 Å². The second-order valence-corrected chi connectivity index (χ2v) is 15.9. The second kappa shape index (κ2) is 10.3. The number of hydrogen-bond donors (Lipinski definition) is 1. The van der Waals surface area contributed by atoms with Crippen LogP contribution in [0, 0.1) is 28.1 Å². The predicted octanol–water partition coefficient (Wildman–Crippen LogP) is 5.80. The fourth-order valence-corrected chi connectivity index (χ4v) is 9.23. The average Bonchev–Trinajstić information content (AvgIpc) is 3.86. The van der Waals surface area contributed by atoms with Gasteiger partial charge >= 0.3 is 0 Å². The van der Waals surface area contributed by atoms with E-state index in [1.807, 2.05) is 0 Å². The van der Waals surface area contributed by atoms with Gasteiger partial charge in [0.25, 0.3) is 15.9 Å². The SMILES string of the molecule is CC1(C)CC[C@@H](CCCn2ccc(S(=O)(=O)NC(=O)c3ccc(-n4ccc(OCCC5C6(CC6)C56CC6)n4)nc3Cl)n2)C1. The van der Waals surface area contributed by atoms with Crippen molar-refractivity contribution in [1.29, 1.82) is 0 Å². The molecule has 7 rings (SSSR count). The molecule has 0 aliphatic heterocycles. The summed E-state index contributed by atoms with van der Waals surface area (Å²) in [5.74, 6) is 1.54. The second-order valence-electron chi connectivity index (χ2n) is 13.9. The van der Waals surface area contributed by atoms with Gasteiger partial charge in [-0.05, 0) is 110 Å². The summed E-state index contributed by atoms with van der Waals surface area (Å²) in [4.78, 5) is 17.1. The number of aryl methyl sites for hydroxylation is 1. The molecule has 4 saturated carbocycles. The zero-order valence-electron chi connectivity index (χ0n) is 24.8. The maximum absolute atomic E-state index is 12.9. The molecule has 43 heavy (non-hydrogen) atoms. The number of hydrogen-bond acceptors (Lipinski definition) is 7. The van der Waals surface area contributed by atoms with Crippen LogP contribution < -0.4 is 9.46 Å². The van der Waals surface area contributed by atoms with Crippen molar-refractivity contribution in [3.8, 4) is 11.7 Å². The highest BCUT2D eigenvalue weighted by Gasteiger charge is 2.85. The van der Waals surface area contributed by atoms with Crippen LogP contribution in [0.5, 0.6) is 5.88 Å². The Morgan fingerprint density at radius 2 is 1.81 bits per heavy atom. The van der Waals surface area contributed by atoms with E-state index in [1.165, 1.54) is 61.8 Å². The topological polar surface area (TPSA) is 121 Å². The lowest BCUT2D eigenvalue weighted by molar-refractivity contribution is 0.0981. The van der Waals surface area contributed by atoms with Gasteiger partial charge in [0.15, 0.2) is 10.8 Å². The first kappa shape index (κ1) is 28.8. The van der Waals surface area contributed by atoms with Crippen molar-refractivity contribution in [2.24, 2.45) is 28.1 Å². The van der Waals surface area contributed by atoms with Gasteiger partial charge in [-0.3, -0.25) is 9.48 Å². The van der Waals surface area contributed by atoms with Gasteiger partial charge in [-0.25, -0.2) is 14.4 Å². The first-order valence-electron chi connectivity index (χ1n) is 15.5. The van der Waals surface area contributed by atoms with Crippen LogP contribution in [0.4, 0.5) is 0 Å². The van der Waals surface area contributed by atoms with Gasteiger partial charge in [-0.2, -0.15) is 13.5 Å². The number of aromatic nitrogens is 5. The fraction of sp³-hybridized carbons (Fsp3) is 0.613. The van der Waals surface area contributed by atoms with E-state index in [4.69, 9.17) is 16.3 Å². The molecule has 0 aromatic carbocycles. The summed E-state index contributed by atoms with van der Waals surface area (Å²) in [6.45, 7) is 5.90. The summed E-state index contributed by atoms with van der Waals surface area (Å²) in [5, 5.41) is 8.28. The molecule has 2 spiro atoms. The maximum atomic E-state index is 12.9. The third-order valence-electron chi connectivity index (χ3n) is 10.5. The van der Waals surface area contributed by atoms with Crippen molar-refractivity contribution in [2.75, 3.05) is 6.61 Å². The van der Waals surface area contributed by atoms with Crippen molar-refractivity contribution in [2.45, 2.75) is 89.6 Å². The van der Waals surface area contributed by atoms with Crippen molar-refractivity contribution < 1.29 is 17.9 Å². The van der Waals surface area contributed by atoms with E-state index in [1.54, 1.807) is 29.2 Å². The molecular formula is C31H39ClN6O4S. The Kier molecular flexibility index (Phi) is 6.92. The molecule has 4 fully saturated rings. The van der Waals surface area contributed by atoms with E-state index < -0.39 is 15.9 Å². The van der Waals surface area contributed by atoms with E-state index in [-0.39, 0.29) is 15.7 Å². The minimum absolute atomic E-state index is 0.0658. The fourth-order valence-electron chi connectivity index (χ4n) is 8.08. The number of nitrogens with one attached hydrogen (secondary N) is 1. The molecule has 230 valence electrons. The molecule has 10 nitrogen and oxygen atoms in total. The van der Waals surface area contributed by atoms with Gasteiger partial charge in [0.05, 0.1) is 12.2 Å². The number of pyridine rings is 1. The first-order valence-corrected chi connectivity index (χ1v) is 17.3. The van der Waals surface area contributed by atoms with Gasteiger partial charge in [0.2, 0.25) is 5.88 Å². The standard InChI is InChI=1S/C31H39ClN6O4S/c1-29(2)11-7-21(20-29)4-3-16-37-17-9-26(35-37)43(40,41)36-28(39)22-5-6-24(33-27(22)32)38-18-8-25(34-38)42-19-10-23-30(12-13-30)31(23)14-15-31/h5-6,8-9,17-18,21,23H,3-4,7,10-16,19-20H2,1-2H3,(H,36,39)/t21-/m1/s1. The third kappa shape index (κ3) is 5.47. The lowest BCUT2D eigenvalue weighted by atomic mass is 9.89. The molecule has 12 heteroatoms. The van der Waals surface area contributed by atoms with Crippen molar-refractivity contribution >= 4 is 27.5 Å². The van der Waals surface area contributed by atoms with Crippen LogP contribution in [-0.4, -0.2) is 45.5 Å². The highest BCUT2D eigenvalue weighted by molar-refractivity contribution is 7.90. The van der Waals surface area contributed by atoms with E-state index >= 15 is 0 Å². The minimum atomic E-state index is -4.19. The molecule has 0 bridgehead atoms. The molecule has 3 aromatic rings. The lowest BCUT2D eigenvalue weighted by Crippen LogP contribution is -2.31. The quantitative estimate of drug-likeness (QED) is 0.252. The predicted molar refractivity (Wildman–Crippen MR) is 161 cm³/mol. The Bertz CT molecular complexity index is 1640. The third-order valence-corrected chi connectivity index (χ3v) is 12.1. The number of sulfonamides is 1. The Balaban J connectivity index is 0.913. The molecule has 0 unspecified atom stereocenters. The summed E-state index contributed by atoms with van der Waals surface area (Å²) in [7, 11) is -4.19. The number of ether oxygens (including phenoxy) is 1. The zero-order valence-corrected chi connectivity index (χ0v) is 26.3. The van der Waals surface area contributed by atoms with Crippen molar-refractivity contribution in [3.63, 3.8) is 0 Å². The number of nitrogens with zero attached hydrogens (tertiary/aromatic N) is 5. The Labute approximate surface area is 257 Å². The summed E-state index contributed by atoms with van der Waals surface area (Å²) in [6.07, 6.45) is 15.7. The number of fused-ring (bicyclic) bond motifs is 1. The normalized spacial score (nSPS) is 22.6. The average molecular weight is 627 g/mol. The number of carbonyl (C=O) groups excluding carboxylic acids is 1. The number of carbonyl (C=O) groups is 1. The van der Waals surface area contributed by atoms with Crippen molar-refractivity contribution in [3.05, 3.63) is 47.4 Å². The minimum Gasteiger partial charge on any atom is -0.477 e. The summed E-state index contributed by atoms with van der Waals surface area (Å²) >= 11 is 6.32. The molecule has 1 atom stereocenters. The van der Waals surface area contributed by atoms with Gasteiger partial charge < -0.3 is 4.74 Å². The Morgan fingerprint density at radius 3 is 2.49 bits per heavy atom. The van der Waals surface area contributed by atoms with Crippen molar-refractivity contribution in [1.82, 2.24) is 29.3 Å². The summed E-state index contributed by atoms with van der Waals surface area (Å²) in [6, 6.07) is 6.15. The number of halogens is 1. The highest BCUT2D eigenvalue weighted by atomic mass is 35.5. The zero-order chi connectivity index (χ0) is 30.0. The Morgan fingerprint density at radius 1 is 1.05 bits per heavy atom. The highest BCUT2D eigenvalue weighted by Crippen LogP contribution is 2.93. The largest absolute Gasteiger partial charge is 0.477 e. The van der Waals surface area contributed by atoms with Crippen LogP contribution >= 0.6 is 11.6 Å². The van der Waals surface area contributed by atoms with Crippen LogP contribution in [0.2, 0.25) is 5.15 Å². The van der Waals surface area contributed by atoms with E-state index in [0.29, 0.717) is 47.0 Å². The van der Waals surface area contributed by atoms with Gasteiger partial charge in [-0.15, -0.1) is 5.10 Å². The van der Waals surface area contributed by atoms with E-state index in [9.17, 15) is 13.2 Å². The number of amides is 1. The molecule has 0 saturated heterocycles. The lowest BCUT2D eigenvalue weighted by Gasteiger charge is -2.17. The van der Waals surface area contributed by atoms with E-state index in [0.717, 1.165) is 25.2 Å². The molecule has 0 radical (unpaired) electrons. The molecule has 4 aliphatic rings. The summed E-state index contributed by atoms with van der Waals surface area (Å²) in [5.41, 5.74) is 1.68. The van der Waals surface area contributed by atoms with Gasteiger partial charge in [0, 0.05) is 25.0 Å². The molecule has 3 aromatic heterocycles. The molecule has 4 aliphatic carbocycles. The molecule has 1 N–H and O–H groups in total. The summed E-state index contributed by atoms with van der Waals surface area (Å²) < 4.78 is 36.9. The van der Waals surface area contributed by atoms with E-state index in [2.05, 4.69) is 33.8 Å². The van der Waals surface area contributed by atoms with Crippen LogP contribution in [0.25, 0.3) is 5.82 Å². The molecule has 3 heterocycles. The monoisotopic (exact) mass is 626 g/mol. The van der Waals surface area contributed by atoms with Crippen LogP contribution in [-0.2, 0) is 16.6 Å². The molecule has 1 amide bonds. The maximum Gasteiger partial charge on any atom is 0.283 e. The molecular weight excluding hydrogens is 588 g/mol. The smallest absolute Gasteiger partial charge is 0.283 e.